The first-order valence-electron chi connectivity index (χ1n) is 6.67. The van der Waals surface area contributed by atoms with E-state index in [-0.39, 0.29) is 5.91 Å². The first kappa shape index (κ1) is 14.5. The van der Waals surface area contributed by atoms with E-state index in [1.807, 2.05) is 30.3 Å². The summed E-state index contributed by atoms with van der Waals surface area (Å²) in [6, 6.07) is 9.77. The second-order valence-corrected chi connectivity index (χ2v) is 5.15. The fourth-order valence-electron chi connectivity index (χ4n) is 2.08. The van der Waals surface area contributed by atoms with E-state index in [0.29, 0.717) is 32.6 Å². The normalized spacial score (nSPS) is 15.7. The van der Waals surface area contributed by atoms with Gasteiger partial charge in [-0.1, -0.05) is 30.3 Å². The zero-order chi connectivity index (χ0) is 14.6. The Labute approximate surface area is 118 Å². The molecule has 1 saturated carbocycles. The molecular formula is C15H19NO4. The number of carbonyl (C=O) groups is 2. The number of nitrogens with zero attached hydrogens (tertiary/aromatic N) is 1. The molecule has 0 aromatic heterocycles. The van der Waals surface area contributed by atoms with Gasteiger partial charge in [-0.05, 0) is 18.4 Å². The van der Waals surface area contributed by atoms with Crippen LogP contribution in [0.3, 0.4) is 0 Å². The lowest BCUT2D eigenvalue weighted by Crippen LogP contribution is -2.40. The molecule has 1 aliphatic rings. The molecule has 0 aliphatic heterocycles. The van der Waals surface area contributed by atoms with Crippen molar-refractivity contribution in [3.8, 4) is 0 Å². The van der Waals surface area contributed by atoms with Crippen molar-refractivity contribution in [1.82, 2.24) is 4.90 Å². The number of amides is 1. The number of carboxylic acids is 1. The molecule has 0 atom stereocenters. The van der Waals surface area contributed by atoms with Gasteiger partial charge in [0, 0.05) is 13.6 Å². The molecule has 0 spiro atoms. The van der Waals surface area contributed by atoms with E-state index < -0.39 is 11.4 Å². The molecule has 0 unspecified atom stereocenters. The van der Waals surface area contributed by atoms with Gasteiger partial charge < -0.3 is 14.7 Å². The highest BCUT2D eigenvalue weighted by molar-refractivity contribution is 6.04. The van der Waals surface area contributed by atoms with Crippen LogP contribution in [0.25, 0.3) is 0 Å². The highest BCUT2D eigenvalue weighted by Crippen LogP contribution is 2.47. The maximum atomic E-state index is 12.0. The summed E-state index contributed by atoms with van der Waals surface area (Å²) in [6.45, 7) is 1.29. The largest absolute Gasteiger partial charge is 0.480 e. The van der Waals surface area contributed by atoms with Crippen molar-refractivity contribution in [3.05, 3.63) is 35.9 Å². The van der Waals surface area contributed by atoms with Crippen LogP contribution in [0, 0.1) is 5.41 Å². The monoisotopic (exact) mass is 277 g/mol. The highest BCUT2D eigenvalue weighted by Gasteiger charge is 2.58. The van der Waals surface area contributed by atoms with Crippen LogP contribution in [0.15, 0.2) is 30.3 Å². The molecule has 1 fully saturated rings. The van der Waals surface area contributed by atoms with Crippen molar-refractivity contribution in [2.45, 2.75) is 19.4 Å². The van der Waals surface area contributed by atoms with Gasteiger partial charge in [-0.2, -0.15) is 0 Å². The van der Waals surface area contributed by atoms with E-state index in [1.165, 1.54) is 4.90 Å². The molecule has 0 heterocycles. The number of hydrogen-bond donors (Lipinski definition) is 1. The predicted molar refractivity (Wildman–Crippen MR) is 73.0 cm³/mol. The number of likely N-dealkylation sites (N-methyl/N-ethyl adjacent to an activating group) is 1. The van der Waals surface area contributed by atoms with E-state index >= 15 is 0 Å². The van der Waals surface area contributed by atoms with Crippen LogP contribution in [-0.2, 0) is 20.9 Å². The number of aliphatic carboxylic acids is 1. The van der Waals surface area contributed by atoms with Gasteiger partial charge in [-0.15, -0.1) is 0 Å². The Balaban J connectivity index is 1.72. The summed E-state index contributed by atoms with van der Waals surface area (Å²) in [5.41, 5.74) is -0.0838. The predicted octanol–water partition coefficient (Wildman–Crippen LogP) is 1.53. The molecule has 1 aromatic rings. The van der Waals surface area contributed by atoms with Gasteiger partial charge in [0.1, 0.15) is 5.41 Å². The molecule has 1 N–H and O–H groups in total. The van der Waals surface area contributed by atoms with Gasteiger partial charge in [0.05, 0.1) is 13.2 Å². The van der Waals surface area contributed by atoms with Crippen LogP contribution in [0.1, 0.15) is 18.4 Å². The minimum absolute atomic E-state index is 0.312. The lowest BCUT2D eigenvalue weighted by Gasteiger charge is -2.20. The average molecular weight is 277 g/mol. The molecule has 1 aliphatic carbocycles. The fraction of sp³-hybridized carbons (Fsp3) is 0.467. The molecule has 108 valence electrons. The van der Waals surface area contributed by atoms with E-state index in [0.717, 1.165) is 5.56 Å². The Kier molecular flexibility index (Phi) is 4.39. The second kappa shape index (κ2) is 6.05. The molecule has 2 rings (SSSR count). The first-order valence-corrected chi connectivity index (χ1v) is 6.67. The number of carbonyl (C=O) groups excluding carboxylic acids is 1. The van der Waals surface area contributed by atoms with Crippen molar-refractivity contribution in [2.24, 2.45) is 5.41 Å². The standard InChI is InChI=1S/C15H19NO4/c1-16(13(17)15(7-8-15)14(18)19)9-10-20-11-12-5-3-2-4-6-12/h2-6H,7-11H2,1H3,(H,18,19). The van der Waals surface area contributed by atoms with Gasteiger partial charge in [0.25, 0.3) is 0 Å². The Morgan fingerprint density at radius 2 is 1.95 bits per heavy atom. The Bertz CT molecular complexity index is 482. The van der Waals surface area contributed by atoms with Crippen LogP contribution in [0.2, 0.25) is 0 Å². The molecule has 0 bridgehead atoms. The molecule has 1 amide bonds. The third-order valence-electron chi connectivity index (χ3n) is 3.60. The van der Waals surface area contributed by atoms with Crippen molar-refractivity contribution < 1.29 is 19.4 Å². The topological polar surface area (TPSA) is 66.8 Å². The quantitative estimate of drug-likeness (QED) is 0.606. The summed E-state index contributed by atoms with van der Waals surface area (Å²) >= 11 is 0. The lowest BCUT2D eigenvalue weighted by atomic mass is 10.1. The number of benzene rings is 1. The molecule has 0 radical (unpaired) electrons. The molecule has 20 heavy (non-hydrogen) atoms. The van der Waals surface area contributed by atoms with Crippen molar-refractivity contribution in [1.29, 1.82) is 0 Å². The summed E-state index contributed by atoms with van der Waals surface area (Å²) in [5, 5.41) is 9.06. The maximum absolute atomic E-state index is 12.0. The van der Waals surface area contributed by atoms with Crippen LogP contribution < -0.4 is 0 Å². The average Bonchev–Trinajstić information content (AvgIpc) is 3.25. The Hall–Kier alpha value is -1.88. The number of ether oxygens (including phenoxy) is 1. The van der Waals surface area contributed by atoms with Crippen molar-refractivity contribution in [3.63, 3.8) is 0 Å². The van der Waals surface area contributed by atoms with Gasteiger partial charge >= 0.3 is 5.97 Å². The zero-order valence-corrected chi connectivity index (χ0v) is 11.5. The smallest absolute Gasteiger partial charge is 0.319 e. The van der Waals surface area contributed by atoms with E-state index in [9.17, 15) is 9.59 Å². The molecular weight excluding hydrogens is 258 g/mol. The minimum Gasteiger partial charge on any atom is -0.480 e. The number of carboxylic acid groups (broad SMARTS) is 1. The molecule has 0 saturated heterocycles. The van der Waals surface area contributed by atoms with Crippen LogP contribution in [-0.4, -0.2) is 42.1 Å². The summed E-state index contributed by atoms with van der Waals surface area (Å²) in [6.07, 6.45) is 0.882. The third kappa shape index (κ3) is 3.17. The molecule has 1 aromatic carbocycles. The van der Waals surface area contributed by atoms with E-state index in [2.05, 4.69) is 0 Å². The highest BCUT2D eigenvalue weighted by atomic mass is 16.5. The third-order valence-corrected chi connectivity index (χ3v) is 3.60. The molecule has 5 nitrogen and oxygen atoms in total. The van der Waals surface area contributed by atoms with Gasteiger partial charge in [-0.3, -0.25) is 9.59 Å². The summed E-state index contributed by atoms with van der Waals surface area (Å²) in [4.78, 5) is 24.5. The number of hydrogen-bond acceptors (Lipinski definition) is 3. The van der Waals surface area contributed by atoms with Crippen LogP contribution in [0.4, 0.5) is 0 Å². The van der Waals surface area contributed by atoms with Gasteiger partial charge in [0.15, 0.2) is 0 Å². The minimum atomic E-state index is -1.16. The Morgan fingerprint density at radius 1 is 1.30 bits per heavy atom. The van der Waals surface area contributed by atoms with Crippen molar-refractivity contribution in [2.75, 3.05) is 20.2 Å². The Morgan fingerprint density at radius 3 is 2.50 bits per heavy atom. The summed E-state index contributed by atoms with van der Waals surface area (Å²) in [5.74, 6) is -1.33. The van der Waals surface area contributed by atoms with Crippen molar-refractivity contribution >= 4 is 11.9 Å². The van der Waals surface area contributed by atoms with E-state index in [1.54, 1.807) is 7.05 Å². The van der Waals surface area contributed by atoms with Crippen LogP contribution >= 0.6 is 0 Å². The maximum Gasteiger partial charge on any atom is 0.319 e. The SMILES string of the molecule is CN(CCOCc1ccccc1)C(=O)C1(C(=O)O)CC1. The lowest BCUT2D eigenvalue weighted by molar-refractivity contribution is -0.153. The van der Waals surface area contributed by atoms with E-state index in [4.69, 9.17) is 9.84 Å². The fourth-order valence-corrected chi connectivity index (χ4v) is 2.08. The number of rotatable bonds is 7. The zero-order valence-electron chi connectivity index (χ0n) is 11.5. The van der Waals surface area contributed by atoms with Gasteiger partial charge in [0.2, 0.25) is 5.91 Å². The first-order chi connectivity index (χ1) is 9.56. The summed E-state index contributed by atoms with van der Waals surface area (Å²) in [7, 11) is 1.62. The summed E-state index contributed by atoms with van der Waals surface area (Å²) < 4.78 is 5.49. The van der Waals surface area contributed by atoms with Gasteiger partial charge in [-0.25, -0.2) is 0 Å². The second-order valence-electron chi connectivity index (χ2n) is 5.15. The van der Waals surface area contributed by atoms with Crippen LogP contribution in [0.5, 0.6) is 0 Å². The molecule has 5 heteroatoms.